The van der Waals surface area contributed by atoms with Crippen molar-refractivity contribution in [1.82, 2.24) is 0 Å². The summed E-state index contributed by atoms with van der Waals surface area (Å²) in [7, 11) is 0. The first kappa shape index (κ1) is 8.52. The molecule has 1 aromatic heterocycles. The summed E-state index contributed by atoms with van der Waals surface area (Å²) in [6, 6.07) is 2.22. The summed E-state index contributed by atoms with van der Waals surface area (Å²) in [6.45, 7) is 2.24. The van der Waals surface area contributed by atoms with Crippen molar-refractivity contribution in [2.45, 2.75) is 26.2 Å². The Morgan fingerprint density at radius 3 is 3.08 bits per heavy atom. The van der Waals surface area contributed by atoms with Crippen LogP contribution >= 0.6 is 27.3 Å². The minimum absolute atomic E-state index is 1.19. The van der Waals surface area contributed by atoms with E-state index in [9.17, 15) is 0 Å². The SMILES string of the molecule is CCCC1=Cc2cc(Br)sc2C1. The third-order valence-corrected chi connectivity index (χ3v) is 3.78. The Morgan fingerprint density at radius 1 is 1.58 bits per heavy atom. The molecule has 2 rings (SSSR count). The number of hydrogen-bond donors (Lipinski definition) is 0. The van der Waals surface area contributed by atoms with E-state index in [1.54, 1.807) is 5.57 Å². The average Bonchev–Trinajstić information content (AvgIpc) is 2.44. The number of halogens is 1. The van der Waals surface area contributed by atoms with Crippen molar-refractivity contribution in [3.8, 4) is 0 Å². The molecule has 0 amide bonds. The largest absolute Gasteiger partial charge is 0.132 e. The molecular formula is C10H11BrS. The molecule has 0 spiro atoms. The van der Waals surface area contributed by atoms with E-state index >= 15 is 0 Å². The van der Waals surface area contributed by atoms with Crippen molar-refractivity contribution >= 4 is 33.3 Å². The maximum absolute atomic E-state index is 3.51. The van der Waals surface area contributed by atoms with Crippen molar-refractivity contribution in [3.05, 3.63) is 25.9 Å². The van der Waals surface area contributed by atoms with Crippen molar-refractivity contribution in [2.75, 3.05) is 0 Å². The van der Waals surface area contributed by atoms with Crippen LogP contribution in [-0.2, 0) is 6.42 Å². The van der Waals surface area contributed by atoms with Gasteiger partial charge in [-0.3, -0.25) is 0 Å². The fourth-order valence-corrected chi connectivity index (χ4v) is 3.38. The summed E-state index contributed by atoms with van der Waals surface area (Å²) in [5, 5.41) is 0. The lowest BCUT2D eigenvalue weighted by atomic mass is 10.1. The minimum atomic E-state index is 1.19. The number of fused-ring (bicyclic) bond motifs is 1. The minimum Gasteiger partial charge on any atom is -0.132 e. The van der Waals surface area contributed by atoms with Crippen LogP contribution in [-0.4, -0.2) is 0 Å². The lowest BCUT2D eigenvalue weighted by Gasteiger charge is -1.95. The van der Waals surface area contributed by atoms with E-state index < -0.39 is 0 Å². The first-order valence-corrected chi connectivity index (χ1v) is 5.88. The lowest BCUT2D eigenvalue weighted by Crippen LogP contribution is -1.80. The molecule has 0 radical (unpaired) electrons. The number of thiophene rings is 1. The van der Waals surface area contributed by atoms with Gasteiger partial charge in [0.1, 0.15) is 0 Å². The van der Waals surface area contributed by atoms with Gasteiger partial charge in [0.15, 0.2) is 0 Å². The maximum atomic E-state index is 3.51. The highest BCUT2D eigenvalue weighted by Crippen LogP contribution is 2.36. The molecule has 12 heavy (non-hydrogen) atoms. The maximum Gasteiger partial charge on any atom is 0.0707 e. The van der Waals surface area contributed by atoms with Gasteiger partial charge >= 0.3 is 0 Å². The van der Waals surface area contributed by atoms with Gasteiger partial charge in [-0.05, 0) is 34.0 Å². The molecule has 64 valence electrons. The Morgan fingerprint density at radius 2 is 2.42 bits per heavy atom. The van der Waals surface area contributed by atoms with Crippen molar-refractivity contribution in [2.24, 2.45) is 0 Å². The predicted molar refractivity (Wildman–Crippen MR) is 58.6 cm³/mol. The monoisotopic (exact) mass is 242 g/mol. The number of allylic oxidation sites excluding steroid dienone is 1. The van der Waals surface area contributed by atoms with E-state index in [-0.39, 0.29) is 0 Å². The van der Waals surface area contributed by atoms with Gasteiger partial charge in [0, 0.05) is 11.3 Å². The number of rotatable bonds is 2. The predicted octanol–water partition coefficient (Wildman–Crippen LogP) is 4.25. The fraction of sp³-hybridized carbons (Fsp3) is 0.400. The molecule has 1 aromatic rings. The fourth-order valence-electron chi connectivity index (χ4n) is 1.63. The molecule has 0 atom stereocenters. The molecule has 0 saturated heterocycles. The van der Waals surface area contributed by atoms with Gasteiger partial charge in [0.05, 0.1) is 3.79 Å². The van der Waals surface area contributed by atoms with Crippen LogP contribution in [0.2, 0.25) is 0 Å². The molecule has 0 aromatic carbocycles. The summed E-state index contributed by atoms with van der Waals surface area (Å²) in [5.41, 5.74) is 3.04. The Balaban J connectivity index is 2.21. The Kier molecular flexibility index (Phi) is 2.37. The van der Waals surface area contributed by atoms with Gasteiger partial charge in [-0.25, -0.2) is 0 Å². The first-order chi connectivity index (χ1) is 5.79. The number of hydrogen-bond acceptors (Lipinski definition) is 1. The summed E-state index contributed by atoms with van der Waals surface area (Å²) in [5.74, 6) is 0. The van der Waals surface area contributed by atoms with E-state index in [0.29, 0.717) is 0 Å². The van der Waals surface area contributed by atoms with Crippen molar-refractivity contribution in [1.29, 1.82) is 0 Å². The van der Waals surface area contributed by atoms with Crippen LogP contribution in [0.1, 0.15) is 30.2 Å². The molecule has 0 saturated carbocycles. The van der Waals surface area contributed by atoms with Gasteiger partial charge in [0.25, 0.3) is 0 Å². The van der Waals surface area contributed by atoms with Gasteiger partial charge in [-0.15, -0.1) is 11.3 Å². The molecule has 0 unspecified atom stereocenters. The highest BCUT2D eigenvalue weighted by atomic mass is 79.9. The van der Waals surface area contributed by atoms with Crippen LogP contribution in [0.15, 0.2) is 15.4 Å². The lowest BCUT2D eigenvalue weighted by molar-refractivity contribution is 0.890. The molecule has 1 heterocycles. The third-order valence-electron chi connectivity index (χ3n) is 2.13. The Hall–Kier alpha value is -0.0800. The van der Waals surface area contributed by atoms with Gasteiger partial charge in [-0.1, -0.05) is 25.0 Å². The summed E-state index contributed by atoms with van der Waals surface area (Å²) in [4.78, 5) is 1.53. The quantitative estimate of drug-likeness (QED) is 0.728. The van der Waals surface area contributed by atoms with Crippen LogP contribution in [0.25, 0.3) is 6.08 Å². The molecule has 0 nitrogen and oxygen atoms in total. The van der Waals surface area contributed by atoms with Crippen LogP contribution in [0.3, 0.4) is 0 Å². The zero-order valence-electron chi connectivity index (χ0n) is 7.06. The van der Waals surface area contributed by atoms with Gasteiger partial charge in [-0.2, -0.15) is 0 Å². The molecule has 0 N–H and O–H groups in total. The second kappa shape index (κ2) is 3.35. The van der Waals surface area contributed by atoms with Crippen LogP contribution < -0.4 is 0 Å². The first-order valence-electron chi connectivity index (χ1n) is 4.27. The highest BCUT2D eigenvalue weighted by Gasteiger charge is 2.14. The summed E-state index contributed by atoms with van der Waals surface area (Å²) >= 11 is 5.38. The Labute approximate surface area is 85.4 Å². The third kappa shape index (κ3) is 1.50. The molecular weight excluding hydrogens is 232 g/mol. The van der Waals surface area contributed by atoms with Crippen molar-refractivity contribution in [3.63, 3.8) is 0 Å². The molecule has 1 aliphatic carbocycles. The standard InChI is InChI=1S/C10H11BrS/c1-2-3-7-4-8-6-10(11)12-9(8)5-7/h4,6H,2-3,5H2,1H3. The molecule has 0 fully saturated rings. The topological polar surface area (TPSA) is 0 Å². The van der Waals surface area contributed by atoms with Gasteiger partial charge in [0.2, 0.25) is 0 Å². The molecule has 0 bridgehead atoms. The average molecular weight is 243 g/mol. The molecule has 1 aliphatic rings. The molecule has 2 heteroatoms. The zero-order valence-corrected chi connectivity index (χ0v) is 9.46. The second-order valence-electron chi connectivity index (χ2n) is 3.16. The summed E-state index contributed by atoms with van der Waals surface area (Å²) in [6.07, 6.45) is 6.07. The second-order valence-corrected chi connectivity index (χ2v) is 5.67. The summed E-state index contributed by atoms with van der Waals surface area (Å²) < 4.78 is 1.26. The van der Waals surface area contributed by atoms with Crippen LogP contribution in [0, 0.1) is 0 Å². The normalized spacial score (nSPS) is 14.7. The highest BCUT2D eigenvalue weighted by molar-refractivity contribution is 9.11. The van der Waals surface area contributed by atoms with Crippen molar-refractivity contribution < 1.29 is 0 Å². The molecule has 0 aliphatic heterocycles. The van der Waals surface area contributed by atoms with Crippen LogP contribution in [0.4, 0.5) is 0 Å². The van der Waals surface area contributed by atoms with E-state index in [4.69, 9.17) is 0 Å². The van der Waals surface area contributed by atoms with E-state index in [1.165, 1.54) is 33.5 Å². The Bertz CT molecular complexity index is 323. The van der Waals surface area contributed by atoms with Gasteiger partial charge < -0.3 is 0 Å². The van der Waals surface area contributed by atoms with E-state index in [0.717, 1.165) is 0 Å². The van der Waals surface area contributed by atoms with E-state index in [1.807, 2.05) is 11.3 Å². The zero-order chi connectivity index (χ0) is 8.55. The van der Waals surface area contributed by atoms with E-state index in [2.05, 4.69) is 35.0 Å². The van der Waals surface area contributed by atoms with Crippen LogP contribution in [0.5, 0.6) is 0 Å². The smallest absolute Gasteiger partial charge is 0.0707 e.